The normalized spacial score (nSPS) is 11.6. The maximum atomic E-state index is 11.6. The first kappa shape index (κ1) is 15.4. The molecular formula is C11H13NO5S2. The molecule has 0 aliphatic rings. The number of thiophene rings is 1. The highest BCUT2D eigenvalue weighted by Gasteiger charge is 2.09. The molecule has 0 fully saturated rings. The molecule has 0 atom stereocenters. The van der Waals surface area contributed by atoms with Gasteiger partial charge in [-0.25, -0.2) is 13.2 Å². The van der Waals surface area contributed by atoms with Gasteiger partial charge in [0, 0.05) is 23.8 Å². The third-order valence-corrected chi connectivity index (χ3v) is 3.99. The molecule has 0 spiro atoms. The van der Waals surface area contributed by atoms with E-state index in [1.54, 1.807) is 12.1 Å². The zero-order valence-corrected chi connectivity index (χ0v) is 11.8. The molecule has 0 saturated heterocycles. The second-order valence-electron chi connectivity index (χ2n) is 3.76. The molecule has 1 aromatic heterocycles. The number of aliphatic carboxylic acids is 1. The van der Waals surface area contributed by atoms with Crippen LogP contribution in [0.3, 0.4) is 0 Å². The van der Waals surface area contributed by atoms with E-state index in [1.807, 2.05) is 0 Å². The molecule has 0 aliphatic carbocycles. The third-order valence-electron chi connectivity index (χ3n) is 2.00. The molecule has 6 nitrogen and oxygen atoms in total. The summed E-state index contributed by atoms with van der Waals surface area (Å²) in [6.45, 7) is 0.0515. The summed E-state index contributed by atoms with van der Waals surface area (Å²) < 4.78 is 21.8. The maximum absolute atomic E-state index is 11.6. The molecule has 104 valence electrons. The lowest BCUT2D eigenvalue weighted by molar-refractivity contribution is -0.131. The Morgan fingerprint density at radius 1 is 1.42 bits per heavy atom. The molecule has 0 bridgehead atoms. The zero-order chi connectivity index (χ0) is 14.5. The van der Waals surface area contributed by atoms with Crippen LogP contribution >= 0.6 is 11.3 Å². The summed E-state index contributed by atoms with van der Waals surface area (Å²) in [5.74, 6) is -1.55. The molecule has 8 heteroatoms. The summed E-state index contributed by atoms with van der Waals surface area (Å²) in [6.07, 6.45) is 3.47. The monoisotopic (exact) mass is 303 g/mol. The lowest BCUT2D eigenvalue weighted by atomic mass is 10.4. The van der Waals surface area contributed by atoms with Gasteiger partial charge in [-0.05, 0) is 18.2 Å². The van der Waals surface area contributed by atoms with Gasteiger partial charge in [-0.3, -0.25) is 4.79 Å². The van der Waals surface area contributed by atoms with E-state index in [0.717, 1.165) is 23.7 Å². The van der Waals surface area contributed by atoms with Gasteiger partial charge in [0.2, 0.25) is 0 Å². The van der Waals surface area contributed by atoms with Crippen molar-refractivity contribution in [1.82, 2.24) is 5.32 Å². The largest absolute Gasteiger partial charge is 0.478 e. The average Bonchev–Trinajstić information content (AvgIpc) is 2.73. The second-order valence-corrected chi connectivity index (χ2v) is 7.13. The predicted molar refractivity (Wildman–Crippen MR) is 73.0 cm³/mol. The van der Waals surface area contributed by atoms with Crippen molar-refractivity contribution in [3.05, 3.63) is 28.0 Å². The van der Waals surface area contributed by atoms with E-state index >= 15 is 0 Å². The van der Waals surface area contributed by atoms with E-state index in [9.17, 15) is 18.0 Å². The van der Waals surface area contributed by atoms with Gasteiger partial charge in [0.25, 0.3) is 5.91 Å². The van der Waals surface area contributed by atoms with Crippen LogP contribution in [0, 0.1) is 0 Å². The van der Waals surface area contributed by atoms with Crippen LogP contribution in [0.1, 0.15) is 14.5 Å². The average molecular weight is 303 g/mol. The number of carbonyl (C=O) groups excluding carboxylic acids is 1. The fraction of sp³-hybridized carbons (Fsp3) is 0.273. The van der Waals surface area contributed by atoms with Crippen LogP contribution < -0.4 is 5.32 Å². The molecule has 1 rings (SSSR count). The van der Waals surface area contributed by atoms with E-state index in [4.69, 9.17) is 5.11 Å². The number of amides is 1. The van der Waals surface area contributed by atoms with Gasteiger partial charge in [0.15, 0.2) is 0 Å². The van der Waals surface area contributed by atoms with Gasteiger partial charge >= 0.3 is 5.97 Å². The predicted octanol–water partition coefficient (Wildman–Crippen LogP) is 0.620. The van der Waals surface area contributed by atoms with Crippen molar-refractivity contribution in [2.75, 3.05) is 18.6 Å². The van der Waals surface area contributed by atoms with Crippen LogP contribution in [-0.4, -0.2) is 44.0 Å². The molecule has 1 amide bonds. The number of rotatable bonds is 6. The summed E-state index contributed by atoms with van der Waals surface area (Å²) in [4.78, 5) is 23.0. The minimum atomic E-state index is -3.10. The Hall–Kier alpha value is -1.67. The highest BCUT2D eigenvalue weighted by Crippen LogP contribution is 2.17. The second kappa shape index (κ2) is 6.48. The van der Waals surface area contributed by atoms with Gasteiger partial charge < -0.3 is 10.4 Å². The Bertz CT molecular complexity index is 600. The zero-order valence-electron chi connectivity index (χ0n) is 10.1. The maximum Gasteiger partial charge on any atom is 0.328 e. The topological polar surface area (TPSA) is 101 Å². The van der Waals surface area contributed by atoms with E-state index in [1.165, 1.54) is 6.08 Å². The molecule has 19 heavy (non-hydrogen) atoms. The number of hydrogen-bond acceptors (Lipinski definition) is 5. The number of sulfone groups is 1. The number of nitrogens with one attached hydrogen (secondary N) is 1. The molecule has 0 aliphatic heterocycles. The fourth-order valence-corrected chi connectivity index (χ4v) is 2.45. The van der Waals surface area contributed by atoms with Crippen molar-refractivity contribution >= 4 is 39.1 Å². The number of hydrogen-bond donors (Lipinski definition) is 2. The Morgan fingerprint density at radius 2 is 2.11 bits per heavy atom. The summed E-state index contributed by atoms with van der Waals surface area (Å²) in [6, 6.07) is 3.18. The standard InChI is InChI=1S/C11H13NO5S2/c1-19(16,17)7-6-12-11(15)9-4-2-8(18-9)3-5-10(13)14/h2-5H,6-7H2,1H3,(H,12,15)(H,13,14). The summed E-state index contributed by atoms with van der Waals surface area (Å²) in [5, 5.41) is 11.0. The van der Waals surface area contributed by atoms with Crippen LogP contribution in [0.25, 0.3) is 6.08 Å². The molecule has 1 heterocycles. The van der Waals surface area contributed by atoms with Gasteiger partial charge in [-0.2, -0.15) is 0 Å². The van der Waals surface area contributed by atoms with Crippen LogP contribution in [0.15, 0.2) is 18.2 Å². The first-order valence-electron chi connectivity index (χ1n) is 5.25. The fourth-order valence-electron chi connectivity index (χ4n) is 1.15. The Morgan fingerprint density at radius 3 is 2.68 bits per heavy atom. The van der Waals surface area contributed by atoms with Crippen molar-refractivity contribution in [3.63, 3.8) is 0 Å². The van der Waals surface area contributed by atoms with Gasteiger partial charge in [0.05, 0.1) is 10.6 Å². The Kier molecular flexibility index (Phi) is 5.25. The van der Waals surface area contributed by atoms with Gasteiger partial charge in [-0.15, -0.1) is 11.3 Å². The number of carboxylic acids is 1. The van der Waals surface area contributed by atoms with Crippen molar-refractivity contribution in [1.29, 1.82) is 0 Å². The van der Waals surface area contributed by atoms with Crippen LogP contribution in [0.5, 0.6) is 0 Å². The molecule has 1 aromatic rings. The van der Waals surface area contributed by atoms with Crippen molar-refractivity contribution in [3.8, 4) is 0 Å². The highest BCUT2D eigenvalue weighted by molar-refractivity contribution is 7.90. The quantitative estimate of drug-likeness (QED) is 0.750. The van der Waals surface area contributed by atoms with E-state index in [2.05, 4.69) is 5.32 Å². The molecule has 0 aromatic carbocycles. The first-order valence-corrected chi connectivity index (χ1v) is 8.12. The van der Waals surface area contributed by atoms with E-state index in [-0.39, 0.29) is 18.2 Å². The van der Waals surface area contributed by atoms with Crippen LogP contribution in [0.4, 0.5) is 0 Å². The van der Waals surface area contributed by atoms with Gasteiger partial charge in [0.1, 0.15) is 9.84 Å². The highest BCUT2D eigenvalue weighted by atomic mass is 32.2. The lowest BCUT2D eigenvalue weighted by Crippen LogP contribution is -2.28. The summed E-state index contributed by atoms with van der Waals surface area (Å²) >= 11 is 1.13. The number of carbonyl (C=O) groups is 2. The minimum Gasteiger partial charge on any atom is -0.478 e. The third kappa shape index (κ3) is 6.16. The molecule has 0 unspecified atom stereocenters. The van der Waals surface area contributed by atoms with Crippen LogP contribution in [-0.2, 0) is 14.6 Å². The summed E-state index contributed by atoms with van der Waals surface area (Å²) in [7, 11) is -3.10. The smallest absolute Gasteiger partial charge is 0.328 e. The Balaban J connectivity index is 2.56. The molecular weight excluding hydrogens is 290 g/mol. The summed E-state index contributed by atoms with van der Waals surface area (Å²) in [5.41, 5.74) is 0. The Labute approximate surface area is 114 Å². The van der Waals surface area contributed by atoms with E-state index < -0.39 is 15.8 Å². The molecule has 2 N–H and O–H groups in total. The lowest BCUT2D eigenvalue weighted by Gasteiger charge is -2.01. The molecule has 0 radical (unpaired) electrons. The van der Waals surface area contributed by atoms with Crippen molar-refractivity contribution in [2.45, 2.75) is 0 Å². The molecule has 0 saturated carbocycles. The van der Waals surface area contributed by atoms with E-state index in [0.29, 0.717) is 9.75 Å². The van der Waals surface area contributed by atoms with Crippen molar-refractivity contribution < 1.29 is 23.1 Å². The number of carboxylic acid groups (broad SMARTS) is 1. The first-order chi connectivity index (χ1) is 8.78. The SMILES string of the molecule is CS(=O)(=O)CCNC(=O)c1ccc(C=CC(=O)O)s1. The van der Waals surface area contributed by atoms with Crippen LogP contribution in [0.2, 0.25) is 0 Å². The minimum absolute atomic E-state index is 0.0515. The van der Waals surface area contributed by atoms with Gasteiger partial charge in [-0.1, -0.05) is 0 Å². The van der Waals surface area contributed by atoms with Crippen molar-refractivity contribution in [2.24, 2.45) is 0 Å².